The summed E-state index contributed by atoms with van der Waals surface area (Å²) < 4.78 is 5.95. The molecule has 2 rings (SSSR count). The molecule has 0 spiro atoms. The average Bonchev–Trinajstić information content (AvgIpc) is 2.70. The van der Waals surface area contributed by atoms with E-state index in [0.717, 1.165) is 12.6 Å². The van der Waals surface area contributed by atoms with E-state index in [9.17, 15) is 0 Å². The van der Waals surface area contributed by atoms with Gasteiger partial charge in [0.15, 0.2) is 0 Å². The van der Waals surface area contributed by atoms with E-state index in [1.807, 2.05) is 0 Å². The Morgan fingerprint density at radius 3 is 2.75 bits per heavy atom. The van der Waals surface area contributed by atoms with E-state index in [4.69, 9.17) is 4.74 Å². The highest BCUT2D eigenvalue weighted by Crippen LogP contribution is 2.47. The minimum atomic E-state index is 0.382. The highest BCUT2D eigenvalue weighted by atomic mass is 16.5. The highest BCUT2D eigenvalue weighted by Gasteiger charge is 2.47. The highest BCUT2D eigenvalue weighted by molar-refractivity contribution is 5.00. The van der Waals surface area contributed by atoms with Crippen LogP contribution in [-0.4, -0.2) is 36.7 Å². The van der Waals surface area contributed by atoms with Crippen molar-refractivity contribution in [1.82, 2.24) is 4.90 Å². The fourth-order valence-corrected chi connectivity index (χ4v) is 3.72. The lowest BCUT2D eigenvalue weighted by atomic mass is 9.75. The maximum absolute atomic E-state index is 5.95. The number of piperidine rings is 1. The smallest absolute Gasteiger partial charge is 0.0540 e. The van der Waals surface area contributed by atoms with Crippen molar-refractivity contribution in [2.45, 2.75) is 65.0 Å². The average molecular weight is 225 g/mol. The van der Waals surface area contributed by atoms with Crippen LogP contribution >= 0.6 is 0 Å². The van der Waals surface area contributed by atoms with Gasteiger partial charge in [-0.15, -0.1) is 0 Å². The van der Waals surface area contributed by atoms with Crippen molar-refractivity contribution in [3.63, 3.8) is 0 Å². The summed E-state index contributed by atoms with van der Waals surface area (Å²) in [5.41, 5.74) is 0.499. The molecule has 0 aromatic heterocycles. The van der Waals surface area contributed by atoms with Gasteiger partial charge in [-0.1, -0.05) is 13.3 Å². The molecule has 1 heterocycles. The Morgan fingerprint density at radius 1 is 1.31 bits per heavy atom. The summed E-state index contributed by atoms with van der Waals surface area (Å²) in [4.78, 5) is 2.69. The molecule has 16 heavy (non-hydrogen) atoms. The van der Waals surface area contributed by atoms with E-state index in [2.05, 4.69) is 25.7 Å². The third-order valence-corrected chi connectivity index (χ3v) is 4.53. The van der Waals surface area contributed by atoms with Crippen LogP contribution in [0.25, 0.3) is 0 Å². The molecule has 1 saturated carbocycles. The van der Waals surface area contributed by atoms with Gasteiger partial charge in [-0.2, -0.15) is 0 Å². The lowest BCUT2D eigenvalue weighted by Crippen LogP contribution is -2.51. The van der Waals surface area contributed by atoms with Crippen molar-refractivity contribution in [3.05, 3.63) is 0 Å². The summed E-state index contributed by atoms with van der Waals surface area (Å²) in [6.45, 7) is 10.1. The Kier molecular flexibility index (Phi) is 3.91. The lowest BCUT2D eigenvalue weighted by Gasteiger charge is -2.46. The fourth-order valence-electron chi connectivity index (χ4n) is 3.72. The van der Waals surface area contributed by atoms with E-state index in [-0.39, 0.29) is 0 Å². The Balaban J connectivity index is 2.04. The maximum Gasteiger partial charge on any atom is 0.0540 e. The molecule has 2 aliphatic rings. The Labute approximate surface area is 100 Å². The zero-order valence-electron chi connectivity index (χ0n) is 11.2. The number of nitrogens with zero attached hydrogens (tertiary/aromatic N) is 1. The van der Waals surface area contributed by atoms with Crippen molar-refractivity contribution < 1.29 is 4.74 Å². The van der Waals surface area contributed by atoms with E-state index in [0.29, 0.717) is 11.5 Å². The first-order valence-electron chi connectivity index (χ1n) is 7.03. The molecule has 0 N–H and O–H groups in total. The number of likely N-dealkylation sites (tertiary alicyclic amines) is 1. The topological polar surface area (TPSA) is 12.5 Å². The Bertz CT molecular complexity index is 229. The van der Waals surface area contributed by atoms with E-state index < -0.39 is 0 Å². The van der Waals surface area contributed by atoms with Crippen LogP contribution in [0.15, 0.2) is 0 Å². The molecular formula is C14H27NO. The van der Waals surface area contributed by atoms with E-state index in [1.54, 1.807) is 0 Å². The minimum Gasteiger partial charge on any atom is -0.378 e. The molecule has 2 nitrogen and oxygen atoms in total. The van der Waals surface area contributed by atoms with E-state index in [1.165, 1.54) is 45.2 Å². The molecule has 1 aliphatic heterocycles. The van der Waals surface area contributed by atoms with Gasteiger partial charge in [0.25, 0.3) is 0 Å². The number of ether oxygens (including phenoxy) is 1. The van der Waals surface area contributed by atoms with Gasteiger partial charge in [0.05, 0.1) is 12.7 Å². The molecule has 2 fully saturated rings. The molecule has 94 valence electrons. The molecule has 0 aromatic carbocycles. The van der Waals surface area contributed by atoms with Crippen molar-refractivity contribution in [1.29, 1.82) is 0 Å². The predicted octanol–water partition coefficient (Wildman–Crippen LogP) is 3.07. The second kappa shape index (κ2) is 5.05. The largest absolute Gasteiger partial charge is 0.378 e. The van der Waals surface area contributed by atoms with Gasteiger partial charge in [0.1, 0.15) is 0 Å². The quantitative estimate of drug-likeness (QED) is 0.729. The van der Waals surface area contributed by atoms with Gasteiger partial charge in [0.2, 0.25) is 0 Å². The Hall–Kier alpha value is -0.0800. The van der Waals surface area contributed by atoms with Crippen LogP contribution < -0.4 is 0 Å². The summed E-state index contributed by atoms with van der Waals surface area (Å²) in [5, 5.41) is 0. The number of rotatable bonds is 4. The molecule has 1 saturated heterocycles. The van der Waals surface area contributed by atoms with E-state index >= 15 is 0 Å². The van der Waals surface area contributed by atoms with Crippen LogP contribution in [-0.2, 0) is 4.74 Å². The number of fused-ring (bicyclic) bond motifs is 1. The molecule has 0 aromatic rings. The molecule has 2 heteroatoms. The number of hydrogen-bond donors (Lipinski definition) is 0. The van der Waals surface area contributed by atoms with Crippen LogP contribution in [0.3, 0.4) is 0 Å². The van der Waals surface area contributed by atoms with Crippen LogP contribution in [0.1, 0.15) is 52.9 Å². The Morgan fingerprint density at radius 2 is 2.06 bits per heavy atom. The van der Waals surface area contributed by atoms with Crippen molar-refractivity contribution in [2.24, 2.45) is 5.41 Å². The SMILES string of the molecule is CCN1CCCC2(COC(C)C)CCCC12. The number of hydrogen-bond acceptors (Lipinski definition) is 2. The van der Waals surface area contributed by atoms with Gasteiger partial charge < -0.3 is 9.64 Å². The third-order valence-electron chi connectivity index (χ3n) is 4.53. The first-order valence-corrected chi connectivity index (χ1v) is 7.03. The van der Waals surface area contributed by atoms with Crippen molar-refractivity contribution in [2.75, 3.05) is 19.7 Å². The van der Waals surface area contributed by atoms with Gasteiger partial charge in [-0.05, 0) is 52.6 Å². The van der Waals surface area contributed by atoms with Crippen LogP contribution in [0.2, 0.25) is 0 Å². The first-order chi connectivity index (χ1) is 7.68. The molecule has 0 radical (unpaired) electrons. The summed E-state index contributed by atoms with van der Waals surface area (Å²) in [6.07, 6.45) is 7.33. The minimum absolute atomic E-state index is 0.382. The van der Waals surface area contributed by atoms with Gasteiger partial charge >= 0.3 is 0 Å². The fraction of sp³-hybridized carbons (Fsp3) is 1.00. The van der Waals surface area contributed by atoms with Crippen LogP contribution in [0.4, 0.5) is 0 Å². The third kappa shape index (κ3) is 2.28. The standard InChI is InChI=1S/C14H27NO/c1-4-15-10-6-9-14(11-16-12(2)3)8-5-7-13(14)15/h12-13H,4-11H2,1-3H3. The summed E-state index contributed by atoms with van der Waals surface area (Å²) in [5.74, 6) is 0. The predicted molar refractivity (Wildman–Crippen MR) is 67.6 cm³/mol. The van der Waals surface area contributed by atoms with Crippen molar-refractivity contribution >= 4 is 0 Å². The zero-order valence-corrected chi connectivity index (χ0v) is 11.2. The van der Waals surface area contributed by atoms with Crippen molar-refractivity contribution in [3.8, 4) is 0 Å². The maximum atomic E-state index is 5.95. The second-order valence-electron chi connectivity index (χ2n) is 5.86. The monoisotopic (exact) mass is 225 g/mol. The molecule has 0 amide bonds. The van der Waals surface area contributed by atoms with Gasteiger partial charge in [-0.3, -0.25) is 0 Å². The molecular weight excluding hydrogens is 198 g/mol. The lowest BCUT2D eigenvalue weighted by molar-refractivity contribution is -0.0516. The molecule has 2 atom stereocenters. The summed E-state index contributed by atoms with van der Waals surface area (Å²) in [6, 6.07) is 0.810. The summed E-state index contributed by atoms with van der Waals surface area (Å²) in [7, 11) is 0. The zero-order chi connectivity index (χ0) is 11.6. The molecule has 1 aliphatic carbocycles. The first kappa shape index (κ1) is 12.4. The summed E-state index contributed by atoms with van der Waals surface area (Å²) >= 11 is 0. The molecule has 0 bridgehead atoms. The normalized spacial score (nSPS) is 35.6. The molecule has 2 unspecified atom stereocenters. The van der Waals surface area contributed by atoms with Gasteiger partial charge in [-0.25, -0.2) is 0 Å². The second-order valence-corrected chi connectivity index (χ2v) is 5.86. The van der Waals surface area contributed by atoms with Gasteiger partial charge in [0, 0.05) is 11.5 Å². The van der Waals surface area contributed by atoms with Crippen LogP contribution in [0, 0.1) is 5.41 Å². The van der Waals surface area contributed by atoms with Crippen LogP contribution in [0.5, 0.6) is 0 Å².